The molecule has 1 aliphatic heterocycles. The van der Waals surface area contributed by atoms with Gasteiger partial charge in [0, 0.05) is 25.6 Å². The minimum atomic E-state index is -3.81. The highest BCUT2D eigenvalue weighted by molar-refractivity contribution is 7.89. The van der Waals surface area contributed by atoms with Crippen molar-refractivity contribution in [2.24, 2.45) is 5.92 Å². The molecule has 0 saturated carbocycles. The summed E-state index contributed by atoms with van der Waals surface area (Å²) < 4.78 is 38.6. The summed E-state index contributed by atoms with van der Waals surface area (Å²) in [4.78, 5) is 12.6. The number of nitrogens with zero attached hydrogens (tertiary/aromatic N) is 2. The van der Waals surface area contributed by atoms with Crippen molar-refractivity contribution in [2.45, 2.75) is 37.5 Å². The zero-order valence-electron chi connectivity index (χ0n) is 19.1. The number of nitrogens with one attached hydrogen (secondary N) is 1. The van der Waals surface area contributed by atoms with E-state index in [0.717, 1.165) is 12.8 Å². The van der Waals surface area contributed by atoms with Crippen molar-refractivity contribution in [2.75, 3.05) is 19.6 Å². The Balaban J connectivity index is 1.31. The van der Waals surface area contributed by atoms with Gasteiger partial charge in [-0.2, -0.15) is 4.31 Å². The second-order valence-corrected chi connectivity index (χ2v) is 10.2. The maximum absolute atomic E-state index is 13.3. The van der Waals surface area contributed by atoms with E-state index in [2.05, 4.69) is 22.6 Å². The molecule has 1 saturated heterocycles. The summed E-state index contributed by atoms with van der Waals surface area (Å²) in [5.74, 6) is 0.540. The fourth-order valence-corrected chi connectivity index (χ4v) is 5.84. The number of amides is 1. The number of aromatic nitrogens is 1. The first kappa shape index (κ1) is 24.0. The second-order valence-electron chi connectivity index (χ2n) is 8.37. The van der Waals surface area contributed by atoms with Crippen LogP contribution in [0.25, 0.3) is 12.2 Å². The summed E-state index contributed by atoms with van der Waals surface area (Å²) in [6.07, 6.45) is 7.44. The molecule has 0 aliphatic carbocycles. The number of aryl methyl sites for hydroxylation is 2. The average molecular weight is 484 g/mol. The molecule has 4 rings (SSSR count). The van der Waals surface area contributed by atoms with E-state index < -0.39 is 10.0 Å². The number of hydrogen-bond acceptors (Lipinski definition) is 6. The third kappa shape index (κ3) is 5.66. The molecule has 0 atom stereocenters. The monoisotopic (exact) mass is 483 g/mol. The number of piperidine rings is 1. The van der Waals surface area contributed by atoms with Crippen molar-refractivity contribution in [3.8, 4) is 0 Å². The zero-order chi connectivity index (χ0) is 24.0. The third-order valence-electron chi connectivity index (χ3n) is 5.98. The lowest BCUT2D eigenvalue weighted by Crippen LogP contribution is -2.43. The summed E-state index contributed by atoms with van der Waals surface area (Å²) in [7, 11) is -3.81. The lowest BCUT2D eigenvalue weighted by molar-refractivity contribution is -0.126. The molecule has 0 radical (unpaired) electrons. The van der Waals surface area contributed by atoms with Gasteiger partial charge in [0.05, 0.1) is 6.26 Å². The Morgan fingerprint density at radius 2 is 1.91 bits per heavy atom. The molecular weight excluding hydrogens is 454 g/mol. The standard InChI is InChI=1S/C25H29N3O5S/c1-19-24(23(33-27-19)12-11-22-10-6-18-32-22)34(30,31)28-16-13-21(14-17-28)25(29)26-15-5-9-20-7-3-2-4-8-20/h2-4,6-8,10-12,18,21H,5,9,13-17H2,1H3,(H,26,29)/b12-11+. The summed E-state index contributed by atoms with van der Waals surface area (Å²) in [5, 5.41) is 6.86. The van der Waals surface area contributed by atoms with Crippen LogP contribution in [0.3, 0.4) is 0 Å². The quantitative estimate of drug-likeness (QED) is 0.463. The molecule has 1 aliphatic rings. The molecule has 0 unspecified atom stereocenters. The summed E-state index contributed by atoms with van der Waals surface area (Å²) in [5.41, 5.74) is 1.55. The van der Waals surface area contributed by atoms with E-state index in [1.165, 1.54) is 16.1 Å². The van der Waals surface area contributed by atoms with Crippen molar-refractivity contribution < 1.29 is 22.2 Å². The minimum absolute atomic E-state index is 0.00617. The van der Waals surface area contributed by atoms with E-state index >= 15 is 0 Å². The molecule has 1 fully saturated rings. The van der Waals surface area contributed by atoms with Gasteiger partial charge in [0.25, 0.3) is 0 Å². The average Bonchev–Trinajstić information content (AvgIpc) is 3.51. The zero-order valence-corrected chi connectivity index (χ0v) is 20.0. The number of carbonyl (C=O) groups excluding carboxylic acids is 1. The van der Waals surface area contributed by atoms with Gasteiger partial charge in [0.2, 0.25) is 15.9 Å². The topological polar surface area (TPSA) is 106 Å². The highest BCUT2D eigenvalue weighted by Gasteiger charge is 2.35. The molecule has 1 amide bonds. The van der Waals surface area contributed by atoms with Crippen molar-refractivity contribution in [3.63, 3.8) is 0 Å². The van der Waals surface area contributed by atoms with Crippen molar-refractivity contribution >= 4 is 28.1 Å². The Hall–Kier alpha value is -3.17. The number of benzene rings is 1. The van der Waals surface area contributed by atoms with Crippen molar-refractivity contribution in [1.82, 2.24) is 14.8 Å². The lowest BCUT2D eigenvalue weighted by Gasteiger charge is -2.30. The predicted octanol–water partition coefficient (Wildman–Crippen LogP) is 3.90. The molecule has 34 heavy (non-hydrogen) atoms. The van der Waals surface area contributed by atoms with Crippen LogP contribution in [0, 0.1) is 12.8 Å². The van der Waals surface area contributed by atoms with E-state index in [0.29, 0.717) is 30.8 Å². The number of hydrogen-bond donors (Lipinski definition) is 1. The van der Waals surface area contributed by atoms with Crippen LogP contribution < -0.4 is 5.32 Å². The van der Waals surface area contributed by atoms with Crippen LogP contribution in [-0.4, -0.2) is 43.4 Å². The van der Waals surface area contributed by atoms with Gasteiger partial charge >= 0.3 is 0 Å². The molecule has 0 spiro atoms. The Kier molecular flexibility index (Phi) is 7.64. The van der Waals surface area contributed by atoms with Gasteiger partial charge in [0.1, 0.15) is 11.5 Å². The van der Waals surface area contributed by atoms with E-state index in [9.17, 15) is 13.2 Å². The van der Waals surface area contributed by atoms with Gasteiger partial charge < -0.3 is 14.3 Å². The fourth-order valence-electron chi connectivity index (χ4n) is 4.12. The van der Waals surface area contributed by atoms with Crippen LogP contribution in [0.4, 0.5) is 0 Å². The molecule has 2 aromatic heterocycles. The largest absolute Gasteiger partial charge is 0.465 e. The minimum Gasteiger partial charge on any atom is -0.465 e. The van der Waals surface area contributed by atoms with Gasteiger partial charge in [-0.05, 0) is 62.5 Å². The first-order valence-electron chi connectivity index (χ1n) is 11.4. The Labute approximate surface area is 199 Å². The summed E-state index contributed by atoms with van der Waals surface area (Å²) in [6.45, 7) is 2.76. The molecular formula is C25H29N3O5S. The van der Waals surface area contributed by atoms with E-state index in [4.69, 9.17) is 8.94 Å². The predicted molar refractivity (Wildman–Crippen MR) is 128 cm³/mol. The van der Waals surface area contributed by atoms with Crippen LogP contribution >= 0.6 is 0 Å². The van der Waals surface area contributed by atoms with Gasteiger partial charge in [-0.15, -0.1) is 0 Å². The molecule has 0 bridgehead atoms. The first-order valence-corrected chi connectivity index (χ1v) is 12.9. The number of furan rings is 1. The van der Waals surface area contributed by atoms with Crippen LogP contribution in [0.15, 0.2) is 62.6 Å². The number of carbonyl (C=O) groups is 1. The summed E-state index contributed by atoms with van der Waals surface area (Å²) in [6, 6.07) is 13.7. The molecule has 180 valence electrons. The van der Waals surface area contributed by atoms with Gasteiger partial charge in [0.15, 0.2) is 10.7 Å². The van der Waals surface area contributed by atoms with Gasteiger partial charge in [-0.3, -0.25) is 4.79 Å². The Morgan fingerprint density at radius 1 is 1.15 bits per heavy atom. The third-order valence-corrected chi connectivity index (χ3v) is 8.04. The molecule has 1 N–H and O–H groups in total. The highest BCUT2D eigenvalue weighted by atomic mass is 32.2. The summed E-state index contributed by atoms with van der Waals surface area (Å²) >= 11 is 0. The van der Waals surface area contributed by atoms with Crippen molar-refractivity contribution in [3.05, 3.63) is 71.5 Å². The molecule has 3 heterocycles. The van der Waals surface area contributed by atoms with Crippen LogP contribution in [-0.2, 0) is 21.2 Å². The Morgan fingerprint density at radius 3 is 2.62 bits per heavy atom. The molecule has 3 aromatic rings. The number of rotatable bonds is 9. The SMILES string of the molecule is Cc1noc(/C=C/c2ccco2)c1S(=O)(=O)N1CCC(C(=O)NCCCc2ccccc2)CC1. The van der Waals surface area contributed by atoms with E-state index in [1.807, 2.05) is 18.2 Å². The van der Waals surface area contributed by atoms with E-state index in [1.54, 1.807) is 31.2 Å². The molecule has 8 nitrogen and oxygen atoms in total. The molecule has 1 aromatic carbocycles. The maximum Gasteiger partial charge on any atom is 0.248 e. The molecule has 9 heteroatoms. The van der Waals surface area contributed by atoms with Gasteiger partial charge in [-0.1, -0.05) is 35.5 Å². The van der Waals surface area contributed by atoms with E-state index in [-0.39, 0.29) is 35.6 Å². The van der Waals surface area contributed by atoms with Crippen LogP contribution in [0.2, 0.25) is 0 Å². The second kappa shape index (κ2) is 10.8. The fraction of sp³-hybridized carbons (Fsp3) is 0.360. The maximum atomic E-state index is 13.3. The first-order chi connectivity index (χ1) is 16.4. The van der Waals surface area contributed by atoms with Crippen LogP contribution in [0.1, 0.15) is 42.0 Å². The lowest BCUT2D eigenvalue weighted by atomic mass is 9.97. The van der Waals surface area contributed by atoms with Crippen molar-refractivity contribution in [1.29, 1.82) is 0 Å². The highest BCUT2D eigenvalue weighted by Crippen LogP contribution is 2.29. The number of sulfonamides is 1. The normalized spacial score (nSPS) is 15.7. The Bertz CT molecular complexity index is 1210. The smallest absolute Gasteiger partial charge is 0.248 e. The van der Waals surface area contributed by atoms with Gasteiger partial charge in [-0.25, -0.2) is 8.42 Å². The van der Waals surface area contributed by atoms with Crippen LogP contribution in [0.5, 0.6) is 0 Å².